The van der Waals surface area contributed by atoms with Crippen molar-refractivity contribution < 1.29 is 13.5 Å². The first kappa shape index (κ1) is 23.6. The van der Waals surface area contributed by atoms with Gasteiger partial charge in [0.1, 0.15) is 0 Å². The van der Waals surface area contributed by atoms with Crippen LogP contribution in [0.5, 0.6) is 0 Å². The number of aliphatic hydroxyl groups excluding tert-OH is 1. The van der Waals surface area contributed by atoms with Crippen LogP contribution in [0.2, 0.25) is 0 Å². The molecular weight excluding hydrogens is 434 g/mol. The Hall–Kier alpha value is -2.51. The van der Waals surface area contributed by atoms with Crippen LogP contribution in [0.15, 0.2) is 53.1 Å². The van der Waals surface area contributed by atoms with Gasteiger partial charge in [-0.3, -0.25) is 4.31 Å². The van der Waals surface area contributed by atoms with Gasteiger partial charge in [-0.25, -0.2) is 8.42 Å². The summed E-state index contributed by atoms with van der Waals surface area (Å²) in [5.74, 6) is 0. The second-order valence-corrected chi connectivity index (χ2v) is 11.2. The zero-order chi connectivity index (χ0) is 23.8. The molecule has 0 amide bonds. The van der Waals surface area contributed by atoms with Crippen molar-refractivity contribution in [3.05, 3.63) is 64.9 Å². The van der Waals surface area contributed by atoms with Crippen LogP contribution in [0.3, 0.4) is 0 Å². The lowest BCUT2D eigenvalue weighted by atomic mass is 10.0. The molecule has 1 heterocycles. The highest BCUT2D eigenvalue weighted by Gasteiger charge is 2.33. The standard InChI is InChI=1S/C26H35N3O3S/c1-18-8-7-11-23-26(18)29(15-14-28(23)4)33(31,32)25-13-12-21(16-19(25)2)24(30)17-20(3)27-22-9-5-6-10-22/h7-9,11-13,16,20,24,27,30H,5-6,10,14-15,17H2,1-4H3. The number of aryl methyl sites for hydroxylation is 2. The predicted octanol–water partition coefficient (Wildman–Crippen LogP) is 4.42. The molecule has 0 aromatic heterocycles. The number of aliphatic hydroxyl groups is 1. The van der Waals surface area contributed by atoms with Crippen molar-refractivity contribution >= 4 is 21.4 Å². The molecule has 1 aliphatic heterocycles. The molecule has 4 rings (SSSR count). The van der Waals surface area contributed by atoms with Gasteiger partial charge in [0.2, 0.25) is 0 Å². The minimum Gasteiger partial charge on any atom is -0.388 e. The molecule has 2 aromatic rings. The van der Waals surface area contributed by atoms with Crippen molar-refractivity contribution in [2.24, 2.45) is 0 Å². The minimum absolute atomic E-state index is 0.137. The SMILES string of the molecule is Cc1cc(C(O)CC(C)NC2=CCCC2)ccc1S(=O)(=O)N1CCN(C)c2cccc(C)c21. The summed E-state index contributed by atoms with van der Waals surface area (Å²) in [4.78, 5) is 2.39. The molecule has 1 aliphatic carbocycles. The number of benzene rings is 2. The Morgan fingerprint density at radius 1 is 1.12 bits per heavy atom. The number of rotatable bonds is 7. The van der Waals surface area contributed by atoms with Crippen LogP contribution in [0.1, 0.15) is 55.4 Å². The molecule has 2 atom stereocenters. The van der Waals surface area contributed by atoms with E-state index in [9.17, 15) is 13.5 Å². The quantitative estimate of drug-likeness (QED) is 0.628. The Morgan fingerprint density at radius 2 is 1.91 bits per heavy atom. The maximum atomic E-state index is 13.7. The van der Waals surface area contributed by atoms with Crippen LogP contribution in [-0.4, -0.2) is 39.7 Å². The Kier molecular flexibility index (Phi) is 6.73. The summed E-state index contributed by atoms with van der Waals surface area (Å²) in [5, 5.41) is 14.3. The highest BCUT2D eigenvalue weighted by atomic mass is 32.2. The fraction of sp³-hybridized carbons (Fsp3) is 0.462. The Morgan fingerprint density at radius 3 is 2.61 bits per heavy atom. The number of fused-ring (bicyclic) bond motifs is 1. The third kappa shape index (κ3) is 4.75. The number of allylic oxidation sites excluding steroid dienone is 2. The molecule has 0 bridgehead atoms. The van der Waals surface area contributed by atoms with Crippen molar-refractivity contribution in [2.75, 3.05) is 29.3 Å². The molecule has 7 heteroatoms. The number of likely N-dealkylation sites (N-methyl/N-ethyl adjacent to an activating group) is 1. The second kappa shape index (κ2) is 9.39. The van der Waals surface area contributed by atoms with Crippen LogP contribution in [0.25, 0.3) is 0 Å². The maximum Gasteiger partial charge on any atom is 0.264 e. The number of nitrogens with zero attached hydrogens (tertiary/aromatic N) is 2. The smallest absolute Gasteiger partial charge is 0.264 e. The number of hydrogen-bond acceptors (Lipinski definition) is 5. The minimum atomic E-state index is -3.73. The van der Waals surface area contributed by atoms with E-state index >= 15 is 0 Å². The average Bonchev–Trinajstić information content (AvgIpc) is 3.27. The molecule has 2 unspecified atom stereocenters. The first-order valence-electron chi connectivity index (χ1n) is 11.8. The number of nitrogens with one attached hydrogen (secondary N) is 1. The van der Waals surface area contributed by atoms with Gasteiger partial charge in [0, 0.05) is 25.3 Å². The molecule has 0 fully saturated rings. The Balaban J connectivity index is 1.56. The summed E-state index contributed by atoms with van der Waals surface area (Å²) in [6, 6.07) is 11.2. The summed E-state index contributed by atoms with van der Waals surface area (Å²) in [5.41, 5.74) is 5.26. The highest BCUT2D eigenvalue weighted by Crippen LogP contribution is 2.39. The first-order valence-corrected chi connectivity index (χ1v) is 13.2. The summed E-state index contributed by atoms with van der Waals surface area (Å²) < 4.78 is 29.0. The summed E-state index contributed by atoms with van der Waals surface area (Å²) >= 11 is 0. The van der Waals surface area contributed by atoms with Gasteiger partial charge in [-0.05, 0) is 75.3 Å². The van der Waals surface area contributed by atoms with E-state index in [1.54, 1.807) is 12.1 Å². The van der Waals surface area contributed by atoms with Gasteiger partial charge in [0.15, 0.2) is 0 Å². The van der Waals surface area contributed by atoms with Crippen LogP contribution in [0.4, 0.5) is 11.4 Å². The van der Waals surface area contributed by atoms with Gasteiger partial charge < -0.3 is 15.3 Å². The third-order valence-corrected chi connectivity index (χ3v) is 8.68. The van der Waals surface area contributed by atoms with Crippen LogP contribution in [-0.2, 0) is 10.0 Å². The molecule has 33 heavy (non-hydrogen) atoms. The number of hydrogen-bond donors (Lipinski definition) is 2. The molecular formula is C26H35N3O3S. The predicted molar refractivity (Wildman–Crippen MR) is 134 cm³/mol. The molecule has 0 radical (unpaired) electrons. The van der Waals surface area contributed by atoms with Gasteiger partial charge >= 0.3 is 0 Å². The van der Waals surface area contributed by atoms with Gasteiger partial charge in [-0.1, -0.05) is 30.3 Å². The topological polar surface area (TPSA) is 72.9 Å². The molecule has 0 saturated heterocycles. The maximum absolute atomic E-state index is 13.7. The van der Waals surface area contributed by atoms with E-state index in [2.05, 4.69) is 23.2 Å². The van der Waals surface area contributed by atoms with Crippen molar-refractivity contribution in [1.82, 2.24) is 5.32 Å². The second-order valence-electron chi connectivity index (χ2n) is 9.38. The molecule has 0 spiro atoms. The average molecular weight is 470 g/mol. The van der Waals surface area contributed by atoms with Gasteiger partial charge in [-0.2, -0.15) is 0 Å². The first-order chi connectivity index (χ1) is 15.7. The van der Waals surface area contributed by atoms with Gasteiger partial charge in [0.05, 0.1) is 28.9 Å². The number of sulfonamides is 1. The lowest BCUT2D eigenvalue weighted by Crippen LogP contribution is -2.43. The van der Waals surface area contributed by atoms with E-state index in [0.717, 1.165) is 35.3 Å². The largest absolute Gasteiger partial charge is 0.388 e. The van der Waals surface area contributed by atoms with E-state index in [1.807, 2.05) is 45.2 Å². The number of anilines is 2. The lowest BCUT2D eigenvalue weighted by Gasteiger charge is -2.37. The molecule has 0 saturated carbocycles. The van der Waals surface area contributed by atoms with Crippen molar-refractivity contribution in [2.45, 2.75) is 63.5 Å². The van der Waals surface area contributed by atoms with E-state index in [-0.39, 0.29) is 6.04 Å². The summed E-state index contributed by atoms with van der Waals surface area (Å²) in [6.45, 7) is 6.86. The normalized spacial score (nSPS) is 18.0. The monoisotopic (exact) mass is 469 g/mol. The fourth-order valence-corrected chi connectivity index (χ4v) is 6.67. The third-order valence-electron chi connectivity index (χ3n) is 6.72. The van der Waals surface area contributed by atoms with E-state index < -0.39 is 16.1 Å². The fourth-order valence-electron chi connectivity index (χ4n) is 4.93. The van der Waals surface area contributed by atoms with Gasteiger partial charge in [-0.15, -0.1) is 0 Å². The molecule has 2 aromatic carbocycles. The van der Waals surface area contributed by atoms with Crippen LogP contribution < -0.4 is 14.5 Å². The molecule has 2 aliphatic rings. The van der Waals surface area contributed by atoms with E-state index in [1.165, 1.54) is 16.4 Å². The van der Waals surface area contributed by atoms with Crippen molar-refractivity contribution in [1.29, 1.82) is 0 Å². The van der Waals surface area contributed by atoms with E-state index in [4.69, 9.17) is 0 Å². The zero-order valence-corrected chi connectivity index (χ0v) is 20.8. The summed E-state index contributed by atoms with van der Waals surface area (Å²) in [6.07, 6.45) is 5.50. The molecule has 178 valence electrons. The van der Waals surface area contributed by atoms with Crippen molar-refractivity contribution in [3.8, 4) is 0 Å². The summed E-state index contributed by atoms with van der Waals surface area (Å²) in [7, 11) is -1.74. The van der Waals surface area contributed by atoms with Crippen LogP contribution >= 0.6 is 0 Å². The Bertz CT molecular complexity index is 1160. The zero-order valence-electron chi connectivity index (χ0n) is 20.0. The lowest BCUT2D eigenvalue weighted by molar-refractivity contribution is 0.155. The Labute approximate surface area is 198 Å². The van der Waals surface area contributed by atoms with E-state index in [0.29, 0.717) is 30.0 Å². The van der Waals surface area contributed by atoms with Crippen LogP contribution in [0, 0.1) is 13.8 Å². The van der Waals surface area contributed by atoms with Gasteiger partial charge in [0.25, 0.3) is 10.0 Å². The number of para-hydroxylation sites is 1. The molecule has 6 nitrogen and oxygen atoms in total. The highest BCUT2D eigenvalue weighted by molar-refractivity contribution is 7.93. The molecule has 2 N–H and O–H groups in total. The van der Waals surface area contributed by atoms with Crippen molar-refractivity contribution in [3.63, 3.8) is 0 Å².